The van der Waals surface area contributed by atoms with E-state index in [-0.39, 0.29) is 18.4 Å². The lowest BCUT2D eigenvalue weighted by molar-refractivity contribution is -0.125. The number of aliphatic hydroxyl groups is 1. The quantitative estimate of drug-likeness (QED) is 0.668. The fourth-order valence-corrected chi connectivity index (χ4v) is 3.26. The first-order valence-corrected chi connectivity index (χ1v) is 9.58. The Kier molecular flexibility index (Phi) is 6.65. The first-order chi connectivity index (χ1) is 13.6. The summed E-state index contributed by atoms with van der Waals surface area (Å²) in [6, 6.07) is 12.0. The van der Waals surface area contributed by atoms with Crippen LogP contribution in [0.1, 0.15) is 12.8 Å². The van der Waals surface area contributed by atoms with Gasteiger partial charge in [0.2, 0.25) is 5.91 Å². The predicted octanol–water partition coefficient (Wildman–Crippen LogP) is 1.61. The van der Waals surface area contributed by atoms with Crippen LogP contribution < -0.4 is 20.4 Å². The van der Waals surface area contributed by atoms with Gasteiger partial charge in [-0.1, -0.05) is 6.07 Å². The van der Waals surface area contributed by atoms with Crippen LogP contribution in [-0.4, -0.2) is 61.5 Å². The van der Waals surface area contributed by atoms with E-state index in [2.05, 4.69) is 31.8 Å². The van der Waals surface area contributed by atoms with Crippen LogP contribution in [0.5, 0.6) is 0 Å². The summed E-state index contributed by atoms with van der Waals surface area (Å²) in [4.78, 5) is 16.2. The molecule has 0 aliphatic carbocycles. The van der Waals surface area contributed by atoms with Crippen molar-refractivity contribution in [2.24, 2.45) is 5.92 Å². The molecule has 1 amide bonds. The minimum atomic E-state index is -0.0278. The highest BCUT2D eigenvalue weighted by Crippen LogP contribution is 2.24. The molecule has 0 spiro atoms. The molecule has 0 saturated carbocycles. The first-order valence-electron chi connectivity index (χ1n) is 9.58. The van der Waals surface area contributed by atoms with Crippen molar-refractivity contribution >= 4 is 28.9 Å². The van der Waals surface area contributed by atoms with Gasteiger partial charge in [-0.2, -0.15) is 0 Å². The van der Waals surface area contributed by atoms with E-state index in [1.807, 2.05) is 49.3 Å². The summed E-state index contributed by atoms with van der Waals surface area (Å²) in [6.07, 6.45) is 1.55. The lowest BCUT2D eigenvalue weighted by Gasteiger charge is -2.31. The fraction of sp³-hybridized carbons (Fsp3) is 0.450. The molecule has 150 valence electrons. The number of hydrogen-bond acceptors (Lipinski definition) is 7. The number of hydrogen-bond donors (Lipinski definition) is 3. The van der Waals surface area contributed by atoms with E-state index in [0.717, 1.165) is 43.1 Å². The number of aliphatic hydroxyl groups excluding tert-OH is 1. The lowest BCUT2D eigenvalue weighted by Crippen LogP contribution is -2.41. The Hall–Kier alpha value is -2.87. The number of anilines is 4. The number of amides is 1. The van der Waals surface area contributed by atoms with Crippen LogP contribution in [0.3, 0.4) is 0 Å². The van der Waals surface area contributed by atoms with Gasteiger partial charge in [0.05, 0.1) is 6.61 Å². The molecule has 1 aromatic carbocycles. The highest BCUT2D eigenvalue weighted by atomic mass is 16.3. The van der Waals surface area contributed by atoms with Gasteiger partial charge in [-0.3, -0.25) is 4.79 Å². The highest BCUT2D eigenvalue weighted by molar-refractivity contribution is 5.79. The molecular weight excluding hydrogens is 356 g/mol. The minimum Gasteiger partial charge on any atom is -0.395 e. The third kappa shape index (κ3) is 5.10. The molecule has 1 aromatic heterocycles. The molecule has 3 rings (SSSR count). The molecule has 8 heteroatoms. The van der Waals surface area contributed by atoms with Crippen LogP contribution in [0, 0.1) is 5.92 Å². The SMILES string of the molecule is CN(C)c1cccc(Nc2ccc(N3CCC(C(=O)NCCO)CC3)nn2)c1. The van der Waals surface area contributed by atoms with Gasteiger partial charge in [-0.15, -0.1) is 10.2 Å². The molecule has 0 radical (unpaired) electrons. The number of nitrogens with one attached hydrogen (secondary N) is 2. The maximum absolute atomic E-state index is 12.0. The molecule has 0 atom stereocenters. The van der Waals surface area contributed by atoms with Crippen LogP contribution in [0.2, 0.25) is 0 Å². The van der Waals surface area contributed by atoms with Crippen molar-refractivity contribution in [1.29, 1.82) is 0 Å². The number of piperidine rings is 1. The Labute approximate surface area is 165 Å². The Morgan fingerprint density at radius 3 is 2.64 bits per heavy atom. The van der Waals surface area contributed by atoms with Crippen molar-refractivity contribution in [2.45, 2.75) is 12.8 Å². The lowest BCUT2D eigenvalue weighted by atomic mass is 9.96. The summed E-state index contributed by atoms with van der Waals surface area (Å²) < 4.78 is 0. The summed E-state index contributed by atoms with van der Waals surface area (Å²) in [5, 5.41) is 23.5. The second kappa shape index (κ2) is 9.36. The van der Waals surface area contributed by atoms with Gasteiger partial charge in [0.15, 0.2) is 11.6 Å². The Morgan fingerprint density at radius 2 is 2.00 bits per heavy atom. The van der Waals surface area contributed by atoms with Crippen molar-refractivity contribution in [3.63, 3.8) is 0 Å². The van der Waals surface area contributed by atoms with E-state index < -0.39 is 0 Å². The predicted molar refractivity (Wildman–Crippen MR) is 111 cm³/mol. The molecule has 1 fully saturated rings. The second-order valence-electron chi connectivity index (χ2n) is 7.12. The summed E-state index contributed by atoms with van der Waals surface area (Å²) in [5.74, 6) is 1.54. The largest absolute Gasteiger partial charge is 0.395 e. The first kappa shape index (κ1) is 19.9. The standard InChI is InChI=1S/C20H28N6O2/c1-25(2)17-5-3-4-16(14-17)22-18-6-7-19(24-23-18)26-11-8-15(9-12-26)20(28)21-10-13-27/h3-7,14-15,27H,8-13H2,1-2H3,(H,21,28)(H,22,23). The summed E-state index contributed by atoms with van der Waals surface area (Å²) in [7, 11) is 4.01. The van der Waals surface area contributed by atoms with Gasteiger partial charge in [0.25, 0.3) is 0 Å². The molecule has 2 heterocycles. The second-order valence-corrected chi connectivity index (χ2v) is 7.12. The van der Waals surface area contributed by atoms with Crippen LogP contribution in [0.25, 0.3) is 0 Å². The number of benzene rings is 1. The summed E-state index contributed by atoms with van der Waals surface area (Å²) in [5.41, 5.74) is 2.07. The van der Waals surface area contributed by atoms with Crippen LogP contribution >= 0.6 is 0 Å². The average molecular weight is 384 g/mol. The molecule has 8 nitrogen and oxygen atoms in total. The third-order valence-electron chi connectivity index (χ3n) is 4.89. The molecule has 0 bridgehead atoms. The topological polar surface area (TPSA) is 93.6 Å². The zero-order valence-corrected chi connectivity index (χ0v) is 16.4. The average Bonchev–Trinajstić information content (AvgIpc) is 2.73. The van der Waals surface area contributed by atoms with E-state index in [0.29, 0.717) is 12.4 Å². The Balaban J connectivity index is 1.55. The smallest absolute Gasteiger partial charge is 0.223 e. The summed E-state index contributed by atoms with van der Waals surface area (Å²) >= 11 is 0. The van der Waals surface area contributed by atoms with Gasteiger partial charge >= 0.3 is 0 Å². The molecule has 0 unspecified atom stereocenters. The molecule has 1 saturated heterocycles. The Bertz CT molecular complexity index is 773. The van der Waals surface area contributed by atoms with Gasteiger partial charge in [-0.05, 0) is 43.2 Å². The molecule has 3 N–H and O–H groups in total. The summed E-state index contributed by atoms with van der Waals surface area (Å²) in [6.45, 7) is 1.82. The zero-order valence-electron chi connectivity index (χ0n) is 16.4. The molecule has 2 aromatic rings. The zero-order chi connectivity index (χ0) is 19.9. The van der Waals surface area contributed by atoms with Crippen molar-refractivity contribution in [3.05, 3.63) is 36.4 Å². The number of nitrogens with zero attached hydrogens (tertiary/aromatic N) is 4. The highest BCUT2D eigenvalue weighted by Gasteiger charge is 2.25. The normalized spacial score (nSPS) is 14.6. The molecule has 28 heavy (non-hydrogen) atoms. The van der Waals surface area contributed by atoms with Crippen LogP contribution in [0.4, 0.5) is 23.0 Å². The van der Waals surface area contributed by atoms with Crippen molar-refractivity contribution < 1.29 is 9.90 Å². The van der Waals surface area contributed by atoms with Gasteiger partial charge < -0.3 is 25.5 Å². The number of rotatable bonds is 7. The Morgan fingerprint density at radius 1 is 1.21 bits per heavy atom. The van der Waals surface area contributed by atoms with Crippen LogP contribution in [-0.2, 0) is 4.79 Å². The van der Waals surface area contributed by atoms with E-state index in [1.165, 1.54) is 0 Å². The monoisotopic (exact) mass is 384 g/mol. The number of carbonyl (C=O) groups excluding carboxylic acids is 1. The van der Waals surface area contributed by atoms with E-state index in [9.17, 15) is 4.79 Å². The maximum Gasteiger partial charge on any atom is 0.223 e. The number of carbonyl (C=O) groups is 1. The third-order valence-corrected chi connectivity index (χ3v) is 4.89. The number of aromatic nitrogens is 2. The van der Waals surface area contributed by atoms with Crippen molar-refractivity contribution in [1.82, 2.24) is 15.5 Å². The fourth-order valence-electron chi connectivity index (χ4n) is 3.26. The van der Waals surface area contributed by atoms with Crippen LogP contribution in [0.15, 0.2) is 36.4 Å². The minimum absolute atomic E-state index is 0.000623. The van der Waals surface area contributed by atoms with Gasteiger partial charge in [0.1, 0.15) is 0 Å². The van der Waals surface area contributed by atoms with Crippen molar-refractivity contribution in [2.75, 3.05) is 55.5 Å². The van der Waals surface area contributed by atoms with Crippen molar-refractivity contribution in [3.8, 4) is 0 Å². The molecule has 1 aliphatic heterocycles. The van der Waals surface area contributed by atoms with Gasteiger partial charge in [0, 0.05) is 51.0 Å². The maximum atomic E-state index is 12.0. The van der Waals surface area contributed by atoms with E-state index >= 15 is 0 Å². The van der Waals surface area contributed by atoms with E-state index in [4.69, 9.17) is 5.11 Å². The van der Waals surface area contributed by atoms with Gasteiger partial charge in [-0.25, -0.2) is 0 Å². The molecule has 1 aliphatic rings. The van der Waals surface area contributed by atoms with E-state index in [1.54, 1.807) is 0 Å². The molecular formula is C20H28N6O2.